The van der Waals surface area contributed by atoms with Crippen LogP contribution in [0.15, 0.2) is 28.2 Å². The summed E-state index contributed by atoms with van der Waals surface area (Å²) in [5.41, 5.74) is 2.59. The molecule has 15 heavy (non-hydrogen) atoms. The van der Waals surface area contributed by atoms with Crippen LogP contribution < -0.4 is 0 Å². The lowest BCUT2D eigenvalue weighted by Gasteiger charge is -2.17. The molecule has 2 aromatic heterocycles. The lowest BCUT2D eigenvalue weighted by Crippen LogP contribution is -2.16. The van der Waals surface area contributed by atoms with Crippen LogP contribution in [0.25, 0.3) is 11.3 Å². The van der Waals surface area contributed by atoms with Crippen LogP contribution in [0.2, 0.25) is 0 Å². The summed E-state index contributed by atoms with van der Waals surface area (Å²) >= 11 is 1.73. The van der Waals surface area contributed by atoms with Gasteiger partial charge in [0.2, 0.25) is 0 Å². The predicted octanol–water partition coefficient (Wildman–Crippen LogP) is 2.86. The Bertz CT molecular complexity index is 456. The van der Waals surface area contributed by atoms with Gasteiger partial charge < -0.3 is 9.52 Å². The number of fused-ring (bicyclic) bond motifs is 1. The molecule has 0 saturated heterocycles. The summed E-state index contributed by atoms with van der Waals surface area (Å²) in [6, 6.07) is 3.91. The average Bonchev–Trinajstić information content (AvgIpc) is 2.82. The summed E-state index contributed by atoms with van der Waals surface area (Å²) in [4.78, 5) is 1.32. The van der Waals surface area contributed by atoms with Gasteiger partial charge in [0.05, 0.1) is 12.4 Å². The molecule has 0 spiro atoms. The van der Waals surface area contributed by atoms with Crippen LogP contribution in [0.3, 0.4) is 0 Å². The van der Waals surface area contributed by atoms with Crippen molar-refractivity contribution in [3.05, 3.63) is 34.2 Å². The number of aliphatic hydroxyl groups is 1. The number of aliphatic hydroxyl groups excluding tert-OH is 1. The molecule has 2 aromatic rings. The van der Waals surface area contributed by atoms with Gasteiger partial charge in [0.15, 0.2) is 0 Å². The molecule has 0 radical (unpaired) electrons. The van der Waals surface area contributed by atoms with Gasteiger partial charge in [-0.2, -0.15) is 0 Å². The monoisotopic (exact) mass is 220 g/mol. The number of furan rings is 1. The molecule has 0 saturated carbocycles. The minimum Gasteiger partial charge on any atom is -0.464 e. The third kappa shape index (κ3) is 1.52. The Morgan fingerprint density at radius 3 is 3.20 bits per heavy atom. The quantitative estimate of drug-likeness (QED) is 0.801. The third-order valence-electron chi connectivity index (χ3n) is 2.92. The maximum Gasteiger partial charge on any atom is 0.134 e. The first-order valence-electron chi connectivity index (χ1n) is 5.16. The molecule has 1 unspecified atom stereocenters. The highest BCUT2D eigenvalue weighted by Gasteiger charge is 2.22. The van der Waals surface area contributed by atoms with Crippen molar-refractivity contribution in [1.82, 2.24) is 0 Å². The normalized spacial score (nSPS) is 20.2. The smallest absolute Gasteiger partial charge is 0.134 e. The zero-order valence-corrected chi connectivity index (χ0v) is 9.09. The molecule has 3 heteroatoms. The molecule has 0 fully saturated rings. The van der Waals surface area contributed by atoms with Crippen molar-refractivity contribution in [2.45, 2.75) is 25.4 Å². The number of hydrogen-bond donors (Lipinski definition) is 1. The van der Waals surface area contributed by atoms with Crippen molar-refractivity contribution in [2.24, 2.45) is 0 Å². The first kappa shape index (κ1) is 9.19. The van der Waals surface area contributed by atoms with Crippen molar-refractivity contribution in [2.75, 3.05) is 0 Å². The summed E-state index contributed by atoms with van der Waals surface area (Å²) in [6.45, 7) is 0. The van der Waals surface area contributed by atoms with Crippen LogP contribution >= 0.6 is 11.3 Å². The molecule has 2 nitrogen and oxygen atoms in total. The van der Waals surface area contributed by atoms with Gasteiger partial charge in [0, 0.05) is 22.2 Å². The van der Waals surface area contributed by atoms with E-state index >= 15 is 0 Å². The van der Waals surface area contributed by atoms with E-state index in [4.69, 9.17) is 4.42 Å². The highest BCUT2D eigenvalue weighted by atomic mass is 32.1. The Labute approximate surface area is 92.2 Å². The molecule has 1 aliphatic carbocycles. The van der Waals surface area contributed by atoms with Crippen molar-refractivity contribution < 1.29 is 9.52 Å². The molecular formula is C12H12O2S. The minimum absolute atomic E-state index is 0.152. The zero-order chi connectivity index (χ0) is 10.3. The van der Waals surface area contributed by atoms with Crippen molar-refractivity contribution in [3.63, 3.8) is 0 Å². The van der Waals surface area contributed by atoms with Gasteiger partial charge in [-0.25, -0.2) is 0 Å². The SMILES string of the molecule is OC1CCc2c(-c3ccco3)csc2C1. The van der Waals surface area contributed by atoms with Crippen LogP contribution in [0, 0.1) is 0 Å². The maximum atomic E-state index is 9.58. The van der Waals surface area contributed by atoms with E-state index in [9.17, 15) is 5.11 Å². The van der Waals surface area contributed by atoms with E-state index in [0.29, 0.717) is 0 Å². The molecule has 1 N–H and O–H groups in total. The second-order valence-electron chi connectivity index (χ2n) is 3.93. The fraction of sp³-hybridized carbons (Fsp3) is 0.333. The first-order valence-corrected chi connectivity index (χ1v) is 6.04. The molecule has 1 aliphatic rings. The summed E-state index contributed by atoms with van der Waals surface area (Å²) < 4.78 is 5.41. The molecular weight excluding hydrogens is 208 g/mol. The Hall–Kier alpha value is -1.06. The van der Waals surface area contributed by atoms with Crippen LogP contribution in [0.4, 0.5) is 0 Å². The zero-order valence-electron chi connectivity index (χ0n) is 8.27. The fourth-order valence-electron chi connectivity index (χ4n) is 2.13. The molecule has 0 amide bonds. The van der Waals surface area contributed by atoms with Gasteiger partial charge in [0.1, 0.15) is 5.76 Å². The van der Waals surface area contributed by atoms with E-state index in [0.717, 1.165) is 25.0 Å². The third-order valence-corrected chi connectivity index (χ3v) is 3.97. The van der Waals surface area contributed by atoms with Crippen molar-refractivity contribution in [1.29, 1.82) is 0 Å². The molecule has 78 valence electrons. The molecule has 2 heterocycles. The Kier molecular flexibility index (Phi) is 2.15. The number of hydrogen-bond acceptors (Lipinski definition) is 3. The van der Waals surface area contributed by atoms with E-state index in [-0.39, 0.29) is 6.10 Å². The van der Waals surface area contributed by atoms with Gasteiger partial charge in [-0.3, -0.25) is 0 Å². The standard InChI is InChI=1S/C12H12O2S/c13-8-3-4-9-10(7-15-12(9)6-8)11-2-1-5-14-11/h1-2,5,7-8,13H,3-4,6H2. The van der Waals surface area contributed by atoms with Crippen LogP contribution in [0.5, 0.6) is 0 Å². The maximum absolute atomic E-state index is 9.58. The molecule has 0 aromatic carbocycles. The van der Waals surface area contributed by atoms with Gasteiger partial charge in [-0.1, -0.05) is 0 Å². The van der Waals surface area contributed by atoms with Gasteiger partial charge in [-0.15, -0.1) is 11.3 Å². The second-order valence-corrected chi connectivity index (χ2v) is 4.89. The van der Waals surface area contributed by atoms with Gasteiger partial charge >= 0.3 is 0 Å². The molecule has 3 rings (SSSR count). The Balaban J connectivity index is 2.05. The summed E-state index contributed by atoms with van der Waals surface area (Å²) in [7, 11) is 0. The Morgan fingerprint density at radius 1 is 1.47 bits per heavy atom. The Morgan fingerprint density at radius 2 is 2.40 bits per heavy atom. The lowest BCUT2D eigenvalue weighted by atomic mass is 9.93. The van der Waals surface area contributed by atoms with E-state index in [1.807, 2.05) is 12.1 Å². The molecule has 0 bridgehead atoms. The fourth-order valence-corrected chi connectivity index (χ4v) is 3.29. The van der Waals surface area contributed by atoms with E-state index in [1.165, 1.54) is 16.0 Å². The average molecular weight is 220 g/mol. The van der Waals surface area contributed by atoms with Crippen molar-refractivity contribution in [3.8, 4) is 11.3 Å². The topological polar surface area (TPSA) is 33.4 Å². The number of thiophene rings is 1. The van der Waals surface area contributed by atoms with E-state index in [2.05, 4.69) is 5.38 Å². The minimum atomic E-state index is -0.152. The summed E-state index contributed by atoms with van der Waals surface area (Å²) in [5.74, 6) is 0.948. The molecule has 1 atom stereocenters. The highest BCUT2D eigenvalue weighted by molar-refractivity contribution is 7.10. The largest absolute Gasteiger partial charge is 0.464 e. The number of rotatable bonds is 1. The van der Waals surface area contributed by atoms with E-state index in [1.54, 1.807) is 17.6 Å². The van der Waals surface area contributed by atoms with Crippen LogP contribution in [0.1, 0.15) is 16.9 Å². The predicted molar refractivity (Wildman–Crippen MR) is 60.1 cm³/mol. The summed E-state index contributed by atoms with van der Waals surface area (Å²) in [6.07, 6.45) is 4.20. The van der Waals surface area contributed by atoms with Gasteiger partial charge in [-0.05, 0) is 30.5 Å². The van der Waals surface area contributed by atoms with Crippen LogP contribution in [-0.2, 0) is 12.8 Å². The summed E-state index contributed by atoms with van der Waals surface area (Å²) in [5, 5.41) is 11.7. The first-order chi connectivity index (χ1) is 7.34. The van der Waals surface area contributed by atoms with Crippen molar-refractivity contribution >= 4 is 11.3 Å². The van der Waals surface area contributed by atoms with Gasteiger partial charge in [0.25, 0.3) is 0 Å². The van der Waals surface area contributed by atoms with Crippen LogP contribution in [-0.4, -0.2) is 11.2 Å². The molecule has 0 aliphatic heterocycles. The second kappa shape index (κ2) is 3.51. The van der Waals surface area contributed by atoms with E-state index < -0.39 is 0 Å². The lowest BCUT2D eigenvalue weighted by molar-refractivity contribution is 0.160. The highest BCUT2D eigenvalue weighted by Crippen LogP contribution is 2.36.